The summed E-state index contributed by atoms with van der Waals surface area (Å²) in [5.41, 5.74) is 0. The number of carbonyl (C=O) groups excluding carboxylic acids is 2. The normalized spacial score (nSPS) is 12.8. The fraction of sp³-hybridized carbons (Fsp3) is 0.667. The average Bonchev–Trinajstić information content (AvgIpc) is 1.85. The fourth-order valence-corrected chi connectivity index (χ4v) is 0.474. The molecule has 0 bridgehead atoms. The van der Waals surface area contributed by atoms with Crippen LogP contribution in [0.4, 0.5) is 0 Å². The molecule has 0 rings (SSSR count). The van der Waals surface area contributed by atoms with E-state index in [-0.39, 0.29) is 6.04 Å². The van der Waals surface area contributed by atoms with Crippen molar-refractivity contribution >= 4 is 23.8 Å². The lowest BCUT2D eigenvalue weighted by molar-refractivity contribution is -0.120. The van der Waals surface area contributed by atoms with Crippen molar-refractivity contribution in [2.75, 3.05) is 0 Å². The Morgan fingerprint density at radius 2 is 2.10 bits per heavy atom. The highest BCUT2D eigenvalue weighted by molar-refractivity contribution is 6.38. The van der Waals surface area contributed by atoms with Gasteiger partial charge in [0.15, 0.2) is 5.38 Å². The van der Waals surface area contributed by atoms with Gasteiger partial charge in [0.2, 0.25) is 12.2 Å². The van der Waals surface area contributed by atoms with E-state index < -0.39 is 11.3 Å². The molecule has 10 heavy (non-hydrogen) atoms. The van der Waals surface area contributed by atoms with Crippen LogP contribution in [0.3, 0.4) is 0 Å². The molecule has 4 heteroatoms. The molecule has 1 N–H and O–H groups in total. The largest absolute Gasteiger partial charge is 0.352 e. The Kier molecular flexibility index (Phi) is 4.03. The average molecular weight is 163 g/mol. The van der Waals surface area contributed by atoms with Gasteiger partial charge >= 0.3 is 0 Å². The third-order valence-electron chi connectivity index (χ3n) is 0.765. The molecular weight excluding hydrogens is 154 g/mol. The molecule has 0 saturated heterocycles. The van der Waals surface area contributed by atoms with Gasteiger partial charge in [0, 0.05) is 6.04 Å². The Morgan fingerprint density at radius 3 is 2.40 bits per heavy atom. The Bertz CT molecular complexity index is 136. The standard InChI is InChI=1S/C6H9ClNO2/c1-4(2)8-6(10)5(7)3-9/h4-5H,1-2H3,(H,8,10). The Hall–Kier alpha value is -0.570. The summed E-state index contributed by atoms with van der Waals surface area (Å²) in [6.07, 6.45) is 1.37. The lowest BCUT2D eigenvalue weighted by Crippen LogP contribution is -2.36. The van der Waals surface area contributed by atoms with Crippen LogP contribution in [0.5, 0.6) is 0 Å². The fourth-order valence-electron chi connectivity index (χ4n) is 0.411. The monoisotopic (exact) mass is 162 g/mol. The Morgan fingerprint density at radius 1 is 1.60 bits per heavy atom. The first kappa shape index (κ1) is 9.43. The van der Waals surface area contributed by atoms with Crippen molar-refractivity contribution in [3.05, 3.63) is 0 Å². The summed E-state index contributed by atoms with van der Waals surface area (Å²) in [7, 11) is 0. The summed E-state index contributed by atoms with van der Waals surface area (Å²) < 4.78 is 0. The lowest BCUT2D eigenvalue weighted by Gasteiger charge is -2.07. The molecule has 0 aliphatic heterocycles. The third kappa shape index (κ3) is 3.45. The van der Waals surface area contributed by atoms with Gasteiger partial charge in [0.25, 0.3) is 0 Å². The van der Waals surface area contributed by atoms with E-state index in [2.05, 4.69) is 5.32 Å². The molecule has 0 heterocycles. The molecule has 1 unspecified atom stereocenters. The maximum Gasteiger partial charge on any atom is 0.246 e. The van der Waals surface area contributed by atoms with E-state index >= 15 is 0 Å². The number of carbonyl (C=O) groups is 1. The quantitative estimate of drug-likeness (QED) is 0.477. The predicted octanol–water partition coefficient (Wildman–Crippen LogP) is 0.228. The second-order valence-electron chi connectivity index (χ2n) is 2.14. The van der Waals surface area contributed by atoms with Crippen LogP contribution in [0.15, 0.2) is 0 Å². The van der Waals surface area contributed by atoms with E-state index in [4.69, 9.17) is 11.6 Å². The number of nitrogens with one attached hydrogen (secondary N) is 1. The molecule has 0 fully saturated rings. The molecule has 0 aromatic carbocycles. The van der Waals surface area contributed by atoms with Gasteiger partial charge in [-0.25, -0.2) is 0 Å². The van der Waals surface area contributed by atoms with Crippen molar-refractivity contribution in [2.24, 2.45) is 0 Å². The zero-order valence-corrected chi connectivity index (χ0v) is 6.61. The number of rotatable bonds is 3. The van der Waals surface area contributed by atoms with Gasteiger partial charge in [-0.15, -0.1) is 11.6 Å². The lowest BCUT2D eigenvalue weighted by atomic mass is 10.3. The molecule has 0 aromatic heterocycles. The first-order chi connectivity index (χ1) is 4.57. The van der Waals surface area contributed by atoms with Crippen molar-refractivity contribution in [3.8, 4) is 0 Å². The van der Waals surface area contributed by atoms with Gasteiger partial charge in [-0.05, 0) is 13.8 Å². The molecule has 0 aromatic rings. The molecule has 1 atom stereocenters. The number of alkyl halides is 1. The Balaban J connectivity index is 3.73. The zero-order chi connectivity index (χ0) is 8.15. The highest BCUT2D eigenvalue weighted by Crippen LogP contribution is 1.91. The molecule has 0 aliphatic carbocycles. The van der Waals surface area contributed by atoms with Crippen LogP contribution in [0.25, 0.3) is 0 Å². The summed E-state index contributed by atoms with van der Waals surface area (Å²) in [5.74, 6) is -0.494. The van der Waals surface area contributed by atoms with Crippen LogP contribution in [0, 0.1) is 0 Å². The van der Waals surface area contributed by atoms with Crippen LogP contribution >= 0.6 is 11.6 Å². The summed E-state index contributed by atoms with van der Waals surface area (Å²) >= 11 is 5.22. The van der Waals surface area contributed by atoms with E-state index in [0.717, 1.165) is 0 Å². The van der Waals surface area contributed by atoms with Crippen molar-refractivity contribution < 1.29 is 9.59 Å². The van der Waals surface area contributed by atoms with Crippen molar-refractivity contribution in [1.82, 2.24) is 5.32 Å². The number of amides is 1. The van der Waals surface area contributed by atoms with Gasteiger partial charge in [0.1, 0.15) is 0 Å². The molecule has 0 spiro atoms. The van der Waals surface area contributed by atoms with E-state index in [9.17, 15) is 9.59 Å². The summed E-state index contributed by atoms with van der Waals surface area (Å²) in [5, 5.41) is 1.28. The molecule has 3 nitrogen and oxygen atoms in total. The van der Waals surface area contributed by atoms with E-state index in [1.807, 2.05) is 0 Å². The maximum absolute atomic E-state index is 10.7. The third-order valence-corrected chi connectivity index (χ3v) is 1.05. The summed E-state index contributed by atoms with van der Waals surface area (Å²) in [6, 6.07) is 0.00194. The van der Waals surface area contributed by atoms with E-state index in [1.54, 1.807) is 13.8 Å². The minimum absolute atomic E-state index is 0.00194. The predicted molar refractivity (Wildman–Crippen MR) is 38.6 cm³/mol. The van der Waals surface area contributed by atoms with Gasteiger partial charge in [0.05, 0.1) is 0 Å². The molecule has 1 amide bonds. The second kappa shape index (κ2) is 4.28. The first-order valence-corrected chi connectivity index (χ1v) is 3.33. The number of hydrogen-bond acceptors (Lipinski definition) is 2. The summed E-state index contributed by atoms with van der Waals surface area (Å²) in [6.45, 7) is 3.57. The highest BCUT2D eigenvalue weighted by Gasteiger charge is 2.14. The van der Waals surface area contributed by atoms with Crippen LogP contribution in [0.2, 0.25) is 0 Å². The minimum atomic E-state index is -1.18. The minimum Gasteiger partial charge on any atom is -0.352 e. The molecular formula is C6H9ClNO2. The van der Waals surface area contributed by atoms with Crippen LogP contribution < -0.4 is 5.32 Å². The van der Waals surface area contributed by atoms with Crippen LogP contribution in [-0.2, 0) is 9.59 Å². The topological polar surface area (TPSA) is 46.2 Å². The Labute approximate surface area is 64.7 Å². The maximum atomic E-state index is 10.7. The van der Waals surface area contributed by atoms with Crippen LogP contribution in [-0.4, -0.2) is 23.6 Å². The number of hydrogen-bond donors (Lipinski definition) is 1. The highest BCUT2D eigenvalue weighted by atomic mass is 35.5. The number of halogens is 1. The van der Waals surface area contributed by atoms with Crippen LogP contribution in [0.1, 0.15) is 13.8 Å². The van der Waals surface area contributed by atoms with E-state index in [1.165, 1.54) is 6.29 Å². The molecule has 0 saturated carbocycles. The molecule has 57 valence electrons. The van der Waals surface area contributed by atoms with Crippen molar-refractivity contribution in [3.63, 3.8) is 0 Å². The molecule has 1 radical (unpaired) electrons. The SMILES string of the molecule is CC(C)NC(=O)C(Cl)[C]=O. The second-order valence-corrected chi connectivity index (χ2v) is 2.58. The summed E-state index contributed by atoms with van der Waals surface area (Å²) in [4.78, 5) is 20.5. The first-order valence-electron chi connectivity index (χ1n) is 2.90. The zero-order valence-electron chi connectivity index (χ0n) is 5.85. The molecule has 0 aliphatic rings. The van der Waals surface area contributed by atoms with Gasteiger partial charge < -0.3 is 5.32 Å². The smallest absolute Gasteiger partial charge is 0.246 e. The van der Waals surface area contributed by atoms with Crippen molar-refractivity contribution in [2.45, 2.75) is 25.3 Å². The van der Waals surface area contributed by atoms with Gasteiger partial charge in [-0.2, -0.15) is 0 Å². The van der Waals surface area contributed by atoms with Gasteiger partial charge in [-0.3, -0.25) is 9.59 Å². The van der Waals surface area contributed by atoms with Gasteiger partial charge in [-0.1, -0.05) is 0 Å². The van der Waals surface area contributed by atoms with Crippen molar-refractivity contribution in [1.29, 1.82) is 0 Å². The van der Waals surface area contributed by atoms with E-state index in [0.29, 0.717) is 0 Å².